The lowest BCUT2D eigenvalue weighted by atomic mass is 9.96. The van der Waals surface area contributed by atoms with Crippen molar-refractivity contribution in [2.45, 2.75) is 52.6 Å². The standard InChI is InChI=1S/C15H24N2O2/c1-9(2)7-8-17-13(11-5-6-11)14(18)16-12(10(3)4)15(17)19/h7,10-13H,5-6,8H2,1-4H3,(H,16,18). The first-order valence-electron chi connectivity index (χ1n) is 7.16. The van der Waals surface area contributed by atoms with Crippen molar-refractivity contribution in [1.82, 2.24) is 10.2 Å². The zero-order valence-corrected chi connectivity index (χ0v) is 12.3. The largest absolute Gasteiger partial charge is 0.342 e. The molecule has 0 aromatic heterocycles. The molecule has 106 valence electrons. The number of nitrogens with zero attached hydrogens (tertiary/aromatic N) is 1. The monoisotopic (exact) mass is 264 g/mol. The van der Waals surface area contributed by atoms with Crippen molar-refractivity contribution in [3.8, 4) is 0 Å². The number of carbonyl (C=O) groups is 2. The maximum atomic E-state index is 12.5. The van der Waals surface area contributed by atoms with Crippen LogP contribution < -0.4 is 5.32 Å². The summed E-state index contributed by atoms with van der Waals surface area (Å²) in [5.74, 6) is 0.598. The molecule has 0 aromatic carbocycles. The fourth-order valence-electron chi connectivity index (χ4n) is 2.57. The minimum Gasteiger partial charge on any atom is -0.342 e. The van der Waals surface area contributed by atoms with Crippen molar-refractivity contribution in [3.63, 3.8) is 0 Å². The SMILES string of the molecule is CC(C)=CCN1C(=O)C(C(C)C)NC(=O)C1C1CC1. The molecule has 1 saturated carbocycles. The van der Waals surface area contributed by atoms with E-state index in [-0.39, 0.29) is 29.8 Å². The van der Waals surface area contributed by atoms with Crippen LogP contribution in [0.5, 0.6) is 0 Å². The van der Waals surface area contributed by atoms with Gasteiger partial charge in [-0.15, -0.1) is 0 Å². The lowest BCUT2D eigenvalue weighted by Crippen LogP contribution is -2.65. The molecule has 2 fully saturated rings. The molecule has 1 heterocycles. The van der Waals surface area contributed by atoms with E-state index in [0.717, 1.165) is 12.8 Å². The van der Waals surface area contributed by atoms with Crippen molar-refractivity contribution < 1.29 is 9.59 Å². The van der Waals surface area contributed by atoms with Crippen LogP contribution in [0.25, 0.3) is 0 Å². The summed E-state index contributed by atoms with van der Waals surface area (Å²) in [6.07, 6.45) is 4.15. The van der Waals surface area contributed by atoms with Gasteiger partial charge in [-0.2, -0.15) is 0 Å². The molecular weight excluding hydrogens is 240 g/mol. The minimum absolute atomic E-state index is 0.0305. The van der Waals surface area contributed by atoms with Gasteiger partial charge in [-0.3, -0.25) is 9.59 Å². The molecular formula is C15H24N2O2. The Morgan fingerprint density at radius 2 is 2.00 bits per heavy atom. The van der Waals surface area contributed by atoms with E-state index in [9.17, 15) is 9.59 Å². The van der Waals surface area contributed by atoms with Crippen LogP contribution in [0.15, 0.2) is 11.6 Å². The molecule has 1 N–H and O–H groups in total. The second-order valence-corrected chi connectivity index (χ2v) is 6.28. The summed E-state index contributed by atoms with van der Waals surface area (Å²) in [5.41, 5.74) is 1.18. The average molecular weight is 264 g/mol. The predicted molar refractivity (Wildman–Crippen MR) is 74.4 cm³/mol. The molecule has 0 spiro atoms. The third-order valence-corrected chi connectivity index (χ3v) is 3.88. The normalized spacial score (nSPS) is 27.5. The van der Waals surface area contributed by atoms with E-state index in [1.807, 2.05) is 33.8 Å². The van der Waals surface area contributed by atoms with Gasteiger partial charge in [-0.05, 0) is 38.5 Å². The van der Waals surface area contributed by atoms with Gasteiger partial charge >= 0.3 is 0 Å². The van der Waals surface area contributed by atoms with Crippen LogP contribution in [0, 0.1) is 11.8 Å². The first-order valence-corrected chi connectivity index (χ1v) is 7.16. The Labute approximate surface area is 115 Å². The lowest BCUT2D eigenvalue weighted by molar-refractivity contribution is -0.150. The van der Waals surface area contributed by atoms with E-state index in [0.29, 0.717) is 12.5 Å². The Balaban J connectivity index is 2.21. The highest BCUT2D eigenvalue weighted by atomic mass is 16.2. The molecule has 2 atom stereocenters. The van der Waals surface area contributed by atoms with E-state index in [1.165, 1.54) is 5.57 Å². The van der Waals surface area contributed by atoms with Crippen molar-refractivity contribution >= 4 is 11.8 Å². The van der Waals surface area contributed by atoms with Crippen LogP contribution in [0.3, 0.4) is 0 Å². The number of hydrogen-bond donors (Lipinski definition) is 1. The highest BCUT2D eigenvalue weighted by Crippen LogP contribution is 2.37. The van der Waals surface area contributed by atoms with Gasteiger partial charge in [0.05, 0.1) is 0 Å². The number of carbonyl (C=O) groups excluding carboxylic acids is 2. The van der Waals surface area contributed by atoms with Crippen LogP contribution in [-0.2, 0) is 9.59 Å². The van der Waals surface area contributed by atoms with Crippen LogP contribution in [0.1, 0.15) is 40.5 Å². The second kappa shape index (κ2) is 5.35. The smallest absolute Gasteiger partial charge is 0.246 e. The van der Waals surface area contributed by atoms with E-state index in [1.54, 1.807) is 4.90 Å². The summed E-state index contributed by atoms with van der Waals surface area (Å²) < 4.78 is 0. The minimum atomic E-state index is -0.368. The molecule has 4 heteroatoms. The molecule has 2 unspecified atom stereocenters. The Morgan fingerprint density at radius 1 is 1.37 bits per heavy atom. The highest BCUT2D eigenvalue weighted by molar-refractivity contribution is 5.97. The summed E-state index contributed by atoms with van der Waals surface area (Å²) >= 11 is 0. The molecule has 1 aliphatic heterocycles. The first-order chi connectivity index (χ1) is 8.91. The number of hydrogen-bond acceptors (Lipinski definition) is 2. The van der Waals surface area contributed by atoms with Crippen LogP contribution >= 0.6 is 0 Å². The van der Waals surface area contributed by atoms with Gasteiger partial charge in [-0.1, -0.05) is 25.5 Å². The van der Waals surface area contributed by atoms with Gasteiger partial charge in [0.25, 0.3) is 0 Å². The summed E-state index contributed by atoms with van der Waals surface area (Å²) in [7, 11) is 0. The van der Waals surface area contributed by atoms with Gasteiger partial charge in [0.15, 0.2) is 0 Å². The molecule has 0 radical (unpaired) electrons. The molecule has 2 aliphatic rings. The summed E-state index contributed by atoms with van der Waals surface area (Å²) in [4.78, 5) is 26.6. The fourth-order valence-corrected chi connectivity index (χ4v) is 2.57. The molecule has 0 bridgehead atoms. The summed E-state index contributed by atoms with van der Waals surface area (Å²) in [5, 5.41) is 2.90. The number of piperazine rings is 1. The molecule has 1 saturated heterocycles. The molecule has 1 aliphatic carbocycles. The number of allylic oxidation sites excluding steroid dienone is 1. The molecule has 0 aromatic rings. The third kappa shape index (κ3) is 2.99. The summed E-state index contributed by atoms with van der Waals surface area (Å²) in [6, 6.07) is -0.619. The van der Waals surface area contributed by atoms with Gasteiger partial charge in [0.2, 0.25) is 11.8 Å². The predicted octanol–water partition coefficient (Wildman–Crippen LogP) is 1.71. The van der Waals surface area contributed by atoms with Gasteiger partial charge in [0.1, 0.15) is 12.1 Å². The van der Waals surface area contributed by atoms with Crippen molar-refractivity contribution in [1.29, 1.82) is 0 Å². The molecule has 2 amide bonds. The Kier molecular flexibility index (Phi) is 3.97. The quantitative estimate of drug-likeness (QED) is 0.786. The second-order valence-electron chi connectivity index (χ2n) is 6.28. The number of rotatable bonds is 4. The molecule has 19 heavy (non-hydrogen) atoms. The third-order valence-electron chi connectivity index (χ3n) is 3.88. The Morgan fingerprint density at radius 3 is 2.47 bits per heavy atom. The Hall–Kier alpha value is -1.32. The van der Waals surface area contributed by atoms with E-state index >= 15 is 0 Å². The molecule has 4 nitrogen and oxygen atoms in total. The van der Waals surface area contributed by atoms with Crippen molar-refractivity contribution in [3.05, 3.63) is 11.6 Å². The Bertz CT molecular complexity index is 406. The van der Waals surface area contributed by atoms with Crippen molar-refractivity contribution in [2.24, 2.45) is 11.8 Å². The molecule has 2 rings (SSSR count). The van der Waals surface area contributed by atoms with Gasteiger partial charge in [0, 0.05) is 6.54 Å². The fraction of sp³-hybridized carbons (Fsp3) is 0.733. The first kappa shape index (κ1) is 14.1. The topological polar surface area (TPSA) is 49.4 Å². The zero-order chi connectivity index (χ0) is 14.2. The lowest BCUT2D eigenvalue weighted by Gasteiger charge is -2.40. The number of nitrogens with one attached hydrogen (secondary N) is 1. The average Bonchev–Trinajstić information content (AvgIpc) is 3.12. The van der Waals surface area contributed by atoms with Crippen molar-refractivity contribution in [2.75, 3.05) is 6.54 Å². The number of amides is 2. The van der Waals surface area contributed by atoms with Gasteiger partial charge in [-0.25, -0.2) is 0 Å². The highest BCUT2D eigenvalue weighted by Gasteiger charge is 2.47. The van der Waals surface area contributed by atoms with Crippen LogP contribution in [0.2, 0.25) is 0 Å². The summed E-state index contributed by atoms with van der Waals surface area (Å²) in [6.45, 7) is 8.53. The van der Waals surface area contributed by atoms with Crippen LogP contribution in [-0.4, -0.2) is 35.3 Å². The van der Waals surface area contributed by atoms with E-state index < -0.39 is 0 Å². The van der Waals surface area contributed by atoms with Gasteiger partial charge < -0.3 is 10.2 Å². The van der Waals surface area contributed by atoms with E-state index in [4.69, 9.17) is 0 Å². The maximum Gasteiger partial charge on any atom is 0.246 e. The zero-order valence-electron chi connectivity index (χ0n) is 12.3. The van der Waals surface area contributed by atoms with E-state index in [2.05, 4.69) is 5.32 Å². The maximum absolute atomic E-state index is 12.5. The van der Waals surface area contributed by atoms with Crippen LogP contribution in [0.4, 0.5) is 0 Å².